The fourth-order valence-corrected chi connectivity index (χ4v) is 3.52. The molecular formula is C20H22N4O2S. The van der Waals surface area contributed by atoms with E-state index in [1.165, 1.54) is 0 Å². The van der Waals surface area contributed by atoms with Crippen molar-refractivity contribution in [2.75, 3.05) is 20.8 Å². The van der Waals surface area contributed by atoms with Crippen molar-refractivity contribution in [3.63, 3.8) is 0 Å². The van der Waals surface area contributed by atoms with Crippen molar-refractivity contribution in [2.24, 2.45) is 10.1 Å². The van der Waals surface area contributed by atoms with E-state index >= 15 is 0 Å². The van der Waals surface area contributed by atoms with Crippen molar-refractivity contribution in [2.45, 2.75) is 13.8 Å². The lowest BCUT2D eigenvalue weighted by atomic mass is 10.1. The zero-order valence-electron chi connectivity index (χ0n) is 15.8. The van der Waals surface area contributed by atoms with Gasteiger partial charge in [0.1, 0.15) is 11.5 Å². The zero-order chi connectivity index (χ0) is 19.2. The maximum atomic E-state index is 5.58. The predicted molar refractivity (Wildman–Crippen MR) is 109 cm³/mol. The molecule has 1 aromatic carbocycles. The molecule has 27 heavy (non-hydrogen) atoms. The molecule has 0 aliphatic rings. The third-order valence-electron chi connectivity index (χ3n) is 4.01. The molecule has 0 unspecified atom stereocenters. The molecule has 7 heteroatoms. The van der Waals surface area contributed by atoms with Gasteiger partial charge in [-0.25, -0.2) is 4.68 Å². The number of ether oxygens (including phenoxy) is 2. The second-order valence-corrected chi connectivity index (χ2v) is 6.51. The van der Waals surface area contributed by atoms with Crippen LogP contribution < -0.4 is 14.3 Å². The smallest absolute Gasteiger partial charge is 0.206 e. The van der Waals surface area contributed by atoms with Gasteiger partial charge in [0.05, 0.1) is 25.6 Å². The van der Waals surface area contributed by atoms with Crippen molar-refractivity contribution < 1.29 is 9.47 Å². The molecule has 0 aliphatic heterocycles. The van der Waals surface area contributed by atoms with E-state index in [0.29, 0.717) is 6.54 Å². The summed E-state index contributed by atoms with van der Waals surface area (Å²) in [7, 11) is 3.29. The number of hydrogen-bond donors (Lipinski definition) is 0. The number of rotatable bonds is 6. The normalized spacial score (nSPS) is 12.3. The minimum atomic E-state index is 0.684. The molecule has 0 fully saturated rings. The molecule has 0 amide bonds. The summed E-state index contributed by atoms with van der Waals surface area (Å²) in [6.07, 6.45) is 3.52. The molecule has 0 saturated carbocycles. The van der Waals surface area contributed by atoms with Crippen LogP contribution in [0.1, 0.15) is 19.4 Å². The Bertz CT molecular complexity index is 1010. The van der Waals surface area contributed by atoms with E-state index in [4.69, 9.17) is 14.6 Å². The first-order valence-electron chi connectivity index (χ1n) is 8.57. The van der Waals surface area contributed by atoms with Gasteiger partial charge in [0, 0.05) is 41.5 Å². The van der Waals surface area contributed by atoms with Crippen LogP contribution >= 0.6 is 11.3 Å². The minimum absolute atomic E-state index is 0.684. The van der Waals surface area contributed by atoms with Gasteiger partial charge in [-0.2, -0.15) is 5.10 Å². The van der Waals surface area contributed by atoms with E-state index in [9.17, 15) is 0 Å². The molecule has 3 aromatic rings. The lowest BCUT2D eigenvalue weighted by Crippen LogP contribution is -2.14. The molecule has 0 N–H and O–H groups in total. The Kier molecular flexibility index (Phi) is 6.03. The van der Waals surface area contributed by atoms with Crippen molar-refractivity contribution in [1.29, 1.82) is 0 Å². The highest BCUT2D eigenvalue weighted by Crippen LogP contribution is 2.33. The summed E-state index contributed by atoms with van der Waals surface area (Å²) >= 11 is 1.55. The quantitative estimate of drug-likeness (QED) is 0.609. The summed E-state index contributed by atoms with van der Waals surface area (Å²) in [5.41, 5.74) is 3.74. The van der Waals surface area contributed by atoms with Crippen LogP contribution in [0.3, 0.4) is 0 Å². The monoisotopic (exact) mass is 382 g/mol. The Balaban J connectivity index is 2.18. The average Bonchev–Trinajstić information content (AvgIpc) is 3.10. The Hall–Kier alpha value is -2.93. The van der Waals surface area contributed by atoms with Gasteiger partial charge >= 0.3 is 0 Å². The van der Waals surface area contributed by atoms with Gasteiger partial charge in [0.2, 0.25) is 4.80 Å². The van der Waals surface area contributed by atoms with Crippen molar-refractivity contribution >= 4 is 17.0 Å². The maximum absolute atomic E-state index is 5.58. The highest BCUT2D eigenvalue weighted by molar-refractivity contribution is 7.07. The van der Waals surface area contributed by atoms with Crippen LogP contribution in [0.25, 0.3) is 11.3 Å². The second-order valence-electron chi connectivity index (χ2n) is 5.68. The zero-order valence-corrected chi connectivity index (χ0v) is 16.7. The topological polar surface area (TPSA) is 61.0 Å². The van der Waals surface area contributed by atoms with E-state index in [-0.39, 0.29) is 0 Å². The minimum Gasteiger partial charge on any atom is -0.497 e. The van der Waals surface area contributed by atoms with Gasteiger partial charge in [0.25, 0.3) is 0 Å². The number of hydrogen-bond acceptors (Lipinski definition) is 6. The summed E-state index contributed by atoms with van der Waals surface area (Å²) in [5, 5.41) is 6.88. The lowest BCUT2D eigenvalue weighted by Gasteiger charge is -2.11. The standard InChI is InChI=1S/C20H22N4O2S/c1-5-22-20-24(23-14(2)15-8-10-21-11-9-15)18(13-27-20)17-7-6-16(25-3)12-19(17)26-4/h6-13H,5H2,1-4H3. The maximum Gasteiger partial charge on any atom is 0.206 e. The fourth-order valence-electron chi connectivity index (χ4n) is 2.64. The van der Waals surface area contributed by atoms with Crippen LogP contribution in [0, 0.1) is 0 Å². The summed E-state index contributed by atoms with van der Waals surface area (Å²) in [4.78, 5) is 9.49. The highest BCUT2D eigenvalue weighted by Gasteiger charge is 2.14. The van der Waals surface area contributed by atoms with Crippen molar-refractivity contribution in [1.82, 2.24) is 9.66 Å². The summed E-state index contributed by atoms with van der Waals surface area (Å²) in [5.74, 6) is 1.47. The molecule has 2 heterocycles. The predicted octanol–water partition coefficient (Wildman–Crippen LogP) is 3.82. The third kappa shape index (κ3) is 4.09. The van der Waals surface area contributed by atoms with Gasteiger partial charge in [0.15, 0.2) is 0 Å². The van der Waals surface area contributed by atoms with Crippen LogP contribution in [0.2, 0.25) is 0 Å². The van der Waals surface area contributed by atoms with Crippen molar-refractivity contribution in [3.8, 4) is 22.8 Å². The van der Waals surface area contributed by atoms with E-state index < -0.39 is 0 Å². The largest absolute Gasteiger partial charge is 0.497 e. The highest BCUT2D eigenvalue weighted by atomic mass is 32.1. The molecule has 140 valence electrons. The first-order valence-corrected chi connectivity index (χ1v) is 9.45. The number of benzene rings is 1. The molecule has 0 atom stereocenters. The van der Waals surface area contributed by atoms with Crippen LogP contribution in [0.15, 0.2) is 58.2 Å². The van der Waals surface area contributed by atoms with Crippen LogP contribution in [-0.2, 0) is 0 Å². The van der Waals surface area contributed by atoms with Crippen LogP contribution in [0.5, 0.6) is 11.5 Å². The molecule has 0 spiro atoms. The third-order valence-corrected chi connectivity index (χ3v) is 4.87. The second kappa shape index (κ2) is 8.64. The molecule has 2 aromatic heterocycles. The van der Waals surface area contributed by atoms with Gasteiger partial charge in [-0.05, 0) is 38.1 Å². The van der Waals surface area contributed by atoms with Gasteiger partial charge < -0.3 is 9.47 Å². The molecule has 0 bridgehead atoms. The first kappa shape index (κ1) is 18.8. The Labute approximate surface area is 162 Å². The lowest BCUT2D eigenvalue weighted by molar-refractivity contribution is 0.395. The van der Waals surface area contributed by atoms with Gasteiger partial charge in [-0.1, -0.05) is 0 Å². The Morgan fingerprint density at radius 1 is 1.15 bits per heavy atom. The average molecular weight is 382 g/mol. The SMILES string of the molecule is CCN=c1scc(-c2ccc(OC)cc2OC)n1N=C(C)c1ccncc1. The number of aromatic nitrogens is 2. The molecule has 0 saturated heterocycles. The van der Waals surface area contributed by atoms with E-state index in [1.807, 2.05) is 54.2 Å². The number of methoxy groups -OCH3 is 2. The number of nitrogens with zero attached hydrogens (tertiary/aromatic N) is 4. The Morgan fingerprint density at radius 3 is 2.59 bits per heavy atom. The van der Waals surface area contributed by atoms with E-state index in [2.05, 4.69) is 9.98 Å². The molecule has 0 aliphatic carbocycles. The van der Waals surface area contributed by atoms with Crippen LogP contribution in [0.4, 0.5) is 0 Å². The van der Waals surface area contributed by atoms with Crippen molar-refractivity contribution in [3.05, 3.63) is 58.5 Å². The summed E-state index contributed by atoms with van der Waals surface area (Å²) in [6.45, 7) is 4.67. The van der Waals surface area contributed by atoms with Crippen LogP contribution in [-0.4, -0.2) is 36.1 Å². The van der Waals surface area contributed by atoms with E-state index in [0.717, 1.165) is 38.8 Å². The van der Waals surface area contributed by atoms with E-state index in [1.54, 1.807) is 38.0 Å². The summed E-state index contributed by atoms with van der Waals surface area (Å²) in [6, 6.07) is 9.64. The number of pyridine rings is 1. The number of thiazole rings is 1. The Morgan fingerprint density at radius 2 is 1.93 bits per heavy atom. The fraction of sp³-hybridized carbons (Fsp3) is 0.250. The molecule has 0 radical (unpaired) electrons. The van der Waals surface area contributed by atoms with Gasteiger partial charge in [-0.3, -0.25) is 9.98 Å². The van der Waals surface area contributed by atoms with Gasteiger partial charge in [-0.15, -0.1) is 11.3 Å². The molecule has 3 rings (SSSR count). The molecule has 6 nitrogen and oxygen atoms in total. The first-order chi connectivity index (χ1) is 13.2. The summed E-state index contributed by atoms with van der Waals surface area (Å²) < 4.78 is 12.8. The molecular weight excluding hydrogens is 360 g/mol.